The van der Waals surface area contributed by atoms with Gasteiger partial charge in [0, 0.05) is 74.9 Å². The van der Waals surface area contributed by atoms with Crippen molar-refractivity contribution in [1.29, 1.82) is 0 Å². The summed E-state index contributed by atoms with van der Waals surface area (Å²) in [6.45, 7) is 31.3. The van der Waals surface area contributed by atoms with Crippen LogP contribution in [0.15, 0.2) is 37.0 Å². The lowest BCUT2D eigenvalue weighted by Crippen LogP contribution is -2.61. The number of aliphatic hydroxyl groups excluding tert-OH is 1. The van der Waals surface area contributed by atoms with Crippen molar-refractivity contribution in [2.45, 2.75) is 239 Å². The van der Waals surface area contributed by atoms with E-state index in [9.17, 15) is 48.3 Å². The van der Waals surface area contributed by atoms with Gasteiger partial charge < -0.3 is 80.8 Å². The molecule has 2 rings (SSSR count). The zero-order chi connectivity index (χ0) is 77.4. The van der Waals surface area contributed by atoms with Crippen LogP contribution in [0.4, 0.5) is 0 Å². The van der Waals surface area contributed by atoms with Crippen molar-refractivity contribution < 1.29 is 72.1 Å². The number of hydrogen-bond donors (Lipinski definition) is 6. The molecule has 0 aliphatic carbocycles. The number of primary amides is 1. The molecule has 12 amide bonds. The van der Waals surface area contributed by atoms with Crippen molar-refractivity contribution in [2.75, 3.05) is 101 Å². The maximum Gasteiger partial charge on any atom is 0.247 e. The molecule has 2 heterocycles. The van der Waals surface area contributed by atoms with Gasteiger partial charge in [-0.25, -0.2) is 0 Å². The van der Waals surface area contributed by atoms with Gasteiger partial charge in [0.15, 0.2) is 0 Å². The van der Waals surface area contributed by atoms with E-state index < -0.39 is 138 Å². The van der Waals surface area contributed by atoms with Crippen LogP contribution in [0.2, 0.25) is 0 Å². The maximum absolute atomic E-state index is 15.4. The first kappa shape index (κ1) is 90.8. The topological polar surface area (TPSA) is 344 Å². The largest absolute Gasteiger partial charge is 0.393 e. The van der Waals surface area contributed by atoms with Crippen molar-refractivity contribution >= 4 is 70.9 Å². The molecule has 11 atom stereocenters. The fourth-order valence-corrected chi connectivity index (χ4v) is 12.7. The summed E-state index contributed by atoms with van der Waals surface area (Å²) in [6.07, 6.45) is 7.16. The van der Waals surface area contributed by atoms with Crippen LogP contribution in [-0.2, 0) is 67.0 Å². The van der Waals surface area contributed by atoms with Gasteiger partial charge in [0.25, 0.3) is 0 Å². The number of nitrogens with one attached hydrogen (secondary N) is 4. The first-order chi connectivity index (χ1) is 47.9. The molecule has 0 spiro atoms. The van der Waals surface area contributed by atoms with Gasteiger partial charge in [-0.15, -0.1) is 0 Å². The third-order valence-corrected chi connectivity index (χ3v) is 18.8. The Morgan fingerprint density at radius 3 is 1.59 bits per heavy atom. The summed E-state index contributed by atoms with van der Waals surface area (Å²) < 4.78 is 11.7. The lowest BCUT2D eigenvalue weighted by molar-refractivity contribution is -0.151. The second kappa shape index (κ2) is 45.7. The summed E-state index contributed by atoms with van der Waals surface area (Å²) in [5.74, 6) is -8.19. The lowest BCUT2D eigenvalue weighted by Gasteiger charge is -2.38. The number of carbonyl (C=O) groups excluding carboxylic acids is 12. The molecule has 28 heteroatoms. The Bertz CT molecular complexity index is 2800. The average molecular weight is 1440 g/mol. The summed E-state index contributed by atoms with van der Waals surface area (Å²) in [7, 11) is 8.59. The predicted molar refractivity (Wildman–Crippen MR) is 392 cm³/mol. The number of likely N-dealkylation sites (tertiary alicyclic amines) is 1. The Morgan fingerprint density at radius 1 is 0.578 bits per heavy atom. The molecule has 0 aromatic heterocycles. The van der Waals surface area contributed by atoms with Gasteiger partial charge in [-0.05, 0) is 100 Å². The number of allylic oxidation sites excluding steroid dienone is 3. The van der Waals surface area contributed by atoms with Crippen molar-refractivity contribution in [3.8, 4) is 0 Å². The SMILES string of the molecule is C=C/C=C(\C=C)C[C@@H](C(=O)N[C@@H](COCC1COCCN1)C(=O)N(C)[C@@H](CC)C(=O)N(C)[C@@H](CC(C)C)C(N)=O)N(C)C(=O)[C@H](CC(C)C)N(C)C(=O)[C@H](CC(C)C)NC(=O)[C@H](CC)N(C)C(=O)CC(NC(=O)[C@H](CC(C)C)N(C)C(=O)CN(CCCC)C(=O)CC(C)O)C(=O)N1CCCCC1. The number of piperidine rings is 1. The summed E-state index contributed by atoms with van der Waals surface area (Å²) in [4.78, 5) is 184. The molecule has 0 bridgehead atoms. The van der Waals surface area contributed by atoms with Crippen LogP contribution >= 0.6 is 0 Å². The number of hydrogen-bond acceptors (Lipinski definition) is 16. The standard InChI is InChI=1S/C74H129N13O15/c1-21-26-32-87(64(90)40-51(14)88)43-65(91)81(16)60(38-49(10)11)68(94)78-55(72(98)86-33-28-27-29-34-86)42-63(89)80(15)57(24-4)67(93)77-54(36-47(6)7)70(96)85(20)62(39-50(12)13)74(100)84(19)61(41-52(23-3)30-22-2)69(95)79-56(46-102-45-53-44-101-35-31-76-53)71(97)82(17)58(25-5)73(99)83(18)59(66(75)92)37-48(8)9/h22-23,30,47-51,53-62,76,88H,2-3,21,24-29,31-46H2,1,4-20H3,(H2,75,92)(H,77,93)(H,78,94)(H,79,95)/b52-30+/t51?,53?,54-,55?,56-,57-,58-,59-,60-,61-,62-/m0/s1. The van der Waals surface area contributed by atoms with E-state index in [0.29, 0.717) is 57.7 Å². The zero-order valence-electron chi connectivity index (χ0n) is 64.9. The Hall–Kier alpha value is -7.30. The first-order valence-electron chi connectivity index (χ1n) is 36.8. The third-order valence-electron chi connectivity index (χ3n) is 18.8. The van der Waals surface area contributed by atoms with Crippen molar-refractivity contribution in [3.63, 3.8) is 0 Å². The van der Waals surface area contributed by atoms with Gasteiger partial charge in [-0.1, -0.05) is 114 Å². The summed E-state index contributed by atoms with van der Waals surface area (Å²) in [6, 6.07) is -11.4. The van der Waals surface area contributed by atoms with Crippen molar-refractivity contribution in [2.24, 2.45) is 29.4 Å². The number of aliphatic hydroxyl groups is 1. The van der Waals surface area contributed by atoms with E-state index in [4.69, 9.17) is 15.2 Å². The number of amides is 12. The van der Waals surface area contributed by atoms with Crippen LogP contribution in [0.3, 0.4) is 0 Å². The molecule has 2 fully saturated rings. The quantitative estimate of drug-likeness (QED) is 0.0476. The number of ether oxygens (including phenoxy) is 2. The molecule has 2 aliphatic rings. The minimum Gasteiger partial charge on any atom is -0.393 e. The number of nitrogens with zero attached hydrogens (tertiary/aromatic N) is 8. The number of unbranched alkanes of at least 4 members (excludes halogenated alkanes) is 1. The highest BCUT2D eigenvalue weighted by Crippen LogP contribution is 2.24. The summed E-state index contributed by atoms with van der Waals surface area (Å²) in [5.41, 5.74) is 6.27. The number of carbonyl (C=O) groups is 12. The first-order valence-corrected chi connectivity index (χ1v) is 36.8. The van der Waals surface area contributed by atoms with E-state index in [-0.39, 0.29) is 107 Å². The van der Waals surface area contributed by atoms with Gasteiger partial charge in [-0.3, -0.25) is 57.5 Å². The lowest BCUT2D eigenvalue weighted by atomic mass is 9.96. The van der Waals surface area contributed by atoms with Crippen LogP contribution < -0.4 is 27.0 Å². The second-order valence-corrected chi connectivity index (χ2v) is 29.3. The molecule has 3 unspecified atom stereocenters. The van der Waals surface area contributed by atoms with E-state index in [1.54, 1.807) is 24.8 Å². The van der Waals surface area contributed by atoms with Gasteiger partial charge >= 0.3 is 0 Å². The highest BCUT2D eigenvalue weighted by molar-refractivity contribution is 5.99. The van der Waals surface area contributed by atoms with Gasteiger partial charge in [-0.2, -0.15) is 0 Å². The average Bonchev–Trinajstić information content (AvgIpc) is 0.819. The highest BCUT2D eigenvalue weighted by atomic mass is 16.5. The van der Waals surface area contributed by atoms with Gasteiger partial charge in [0.2, 0.25) is 70.9 Å². The third kappa shape index (κ3) is 29.1. The Labute approximate surface area is 608 Å². The molecule has 2 aliphatic heterocycles. The number of likely N-dealkylation sites (N-methyl/N-ethyl adjacent to an activating group) is 6. The van der Waals surface area contributed by atoms with Crippen LogP contribution in [0, 0.1) is 23.7 Å². The molecule has 0 aromatic carbocycles. The predicted octanol–water partition coefficient (Wildman–Crippen LogP) is 3.39. The molecule has 2 saturated heterocycles. The van der Waals surface area contributed by atoms with Crippen LogP contribution in [0.1, 0.15) is 173 Å². The molecule has 0 radical (unpaired) electrons. The van der Waals surface area contributed by atoms with E-state index in [2.05, 4.69) is 34.4 Å². The highest BCUT2D eigenvalue weighted by Gasteiger charge is 2.43. The number of nitrogens with two attached hydrogens (primary N) is 1. The molecular weight excluding hydrogens is 1310 g/mol. The summed E-state index contributed by atoms with van der Waals surface area (Å²) in [5, 5.41) is 21.9. The van der Waals surface area contributed by atoms with Crippen LogP contribution in [-0.4, -0.2) is 283 Å². The number of morpholine rings is 1. The Balaban J connectivity index is 2.65. The summed E-state index contributed by atoms with van der Waals surface area (Å²) >= 11 is 0. The number of rotatable bonds is 45. The normalized spacial score (nSPS) is 17.1. The van der Waals surface area contributed by atoms with Crippen molar-refractivity contribution in [3.05, 3.63) is 37.0 Å². The minimum atomic E-state index is -1.44. The van der Waals surface area contributed by atoms with Gasteiger partial charge in [0.1, 0.15) is 54.4 Å². The molecule has 580 valence electrons. The molecule has 7 N–H and O–H groups in total. The monoisotopic (exact) mass is 1440 g/mol. The maximum atomic E-state index is 15.4. The van der Waals surface area contributed by atoms with E-state index in [1.165, 1.54) is 95.7 Å². The molecule has 102 heavy (non-hydrogen) atoms. The van der Waals surface area contributed by atoms with E-state index >= 15 is 14.4 Å². The Kier molecular flexibility index (Phi) is 40.7. The van der Waals surface area contributed by atoms with Gasteiger partial charge in [0.05, 0.1) is 58.0 Å². The zero-order valence-corrected chi connectivity index (χ0v) is 64.9. The molecule has 28 nitrogen and oxygen atoms in total. The second-order valence-electron chi connectivity index (χ2n) is 29.3. The molecule has 0 aromatic rings. The van der Waals surface area contributed by atoms with Crippen LogP contribution in [0.25, 0.3) is 0 Å². The van der Waals surface area contributed by atoms with Crippen LogP contribution in [0.5, 0.6) is 0 Å². The van der Waals surface area contributed by atoms with Crippen molar-refractivity contribution in [1.82, 2.24) is 60.5 Å². The fourth-order valence-electron chi connectivity index (χ4n) is 12.7. The fraction of sp³-hybridized carbons (Fsp3) is 0.757. The van der Waals surface area contributed by atoms with E-state index in [0.717, 1.165) is 12.8 Å². The Morgan fingerprint density at radius 2 is 1.07 bits per heavy atom. The minimum absolute atomic E-state index is 0.00191. The molecule has 0 saturated carbocycles. The molecular formula is C74H129N13O15. The smallest absolute Gasteiger partial charge is 0.247 e. The van der Waals surface area contributed by atoms with E-state index in [1.807, 2.05) is 62.3 Å².